The van der Waals surface area contributed by atoms with Crippen LogP contribution in [-0.2, 0) is 47.5 Å². The zero-order valence-corrected chi connectivity index (χ0v) is 57.0. The summed E-state index contributed by atoms with van der Waals surface area (Å²) >= 11 is 0. The zero-order valence-electron chi connectivity index (χ0n) is 57.0. The number of amides is 2. The Labute approximate surface area is 559 Å². The summed E-state index contributed by atoms with van der Waals surface area (Å²) in [4.78, 5) is 26.1. The molecule has 22 atom stereocenters. The van der Waals surface area contributed by atoms with Crippen LogP contribution in [0.3, 0.4) is 0 Å². The van der Waals surface area contributed by atoms with Gasteiger partial charge in [-0.3, -0.25) is 9.59 Å². The van der Waals surface area contributed by atoms with Crippen LogP contribution in [0.2, 0.25) is 0 Å². The van der Waals surface area contributed by atoms with Crippen molar-refractivity contribution in [3.8, 4) is 0 Å². The van der Waals surface area contributed by atoms with Gasteiger partial charge in [0.2, 0.25) is 11.8 Å². The highest BCUT2D eigenvalue weighted by atomic mass is 16.8. The number of nitrogens with one attached hydrogen (secondary N) is 2. The summed E-state index contributed by atoms with van der Waals surface area (Å²) in [5.74, 6) is -1.06. The van der Waals surface area contributed by atoms with E-state index in [-0.39, 0.29) is 12.3 Å². The van der Waals surface area contributed by atoms with E-state index >= 15 is 0 Å². The van der Waals surface area contributed by atoms with Crippen molar-refractivity contribution in [1.29, 1.82) is 0 Å². The van der Waals surface area contributed by atoms with E-state index in [0.29, 0.717) is 12.8 Å². The first kappa shape index (κ1) is 84.3. The molecule has 552 valence electrons. The first-order chi connectivity index (χ1) is 45.5. The molecular formula is C69H128N2O23. The summed E-state index contributed by atoms with van der Waals surface area (Å²) in [6.07, 6.45) is 9.96. The van der Waals surface area contributed by atoms with Crippen LogP contribution in [0.1, 0.15) is 245 Å². The maximum atomic E-state index is 13.5. The summed E-state index contributed by atoms with van der Waals surface area (Å²) < 4.78 is 46.8. The highest BCUT2D eigenvalue weighted by Gasteiger charge is 2.56. The molecule has 0 spiro atoms. The van der Waals surface area contributed by atoms with Crippen LogP contribution >= 0.6 is 0 Å². The molecule has 0 aromatic rings. The molecule has 4 rings (SSSR count). The van der Waals surface area contributed by atoms with Gasteiger partial charge in [-0.2, -0.15) is 0 Å². The lowest BCUT2D eigenvalue weighted by Gasteiger charge is -2.50. The lowest BCUT2D eigenvalue weighted by atomic mass is 9.94. The molecule has 0 aromatic carbocycles. The van der Waals surface area contributed by atoms with Gasteiger partial charge in [0.25, 0.3) is 0 Å². The first-order valence-corrected chi connectivity index (χ1v) is 36.4. The van der Waals surface area contributed by atoms with Crippen LogP contribution < -0.4 is 10.6 Å². The molecule has 4 aliphatic heterocycles. The first-order valence-electron chi connectivity index (χ1n) is 36.4. The Bertz CT molecular complexity index is 1950. The van der Waals surface area contributed by atoms with E-state index in [4.69, 9.17) is 37.9 Å². The summed E-state index contributed by atoms with van der Waals surface area (Å²) in [6.45, 7) is 1.63. The largest absolute Gasteiger partial charge is 0.394 e. The lowest BCUT2D eigenvalue weighted by Crippen LogP contribution is -2.70. The van der Waals surface area contributed by atoms with E-state index in [1.807, 2.05) is 6.08 Å². The number of aliphatic hydroxyl groups is 13. The number of aliphatic hydroxyl groups excluding tert-OH is 13. The molecular weight excluding hydrogens is 1220 g/mol. The van der Waals surface area contributed by atoms with Crippen molar-refractivity contribution < 1.29 is 114 Å². The van der Waals surface area contributed by atoms with Crippen molar-refractivity contribution in [2.75, 3.05) is 33.0 Å². The lowest BCUT2D eigenvalue weighted by molar-refractivity contribution is -0.380. The van der Waals surface area contributed by atoms with Gasteiger partial charge >= 0.3 is 0 Å². The van der Waals surface area contributed by atoms with Crippen LogP contribution in [0, 0.1) is 0 Å². The van der Waals surface area contributed by atoms with Gasteiger partial charge in [0.1, 0.15) is 97.6 Å². The summed E-state index contributed by atoms with van der Waals surface area (Å²) in [6, 6.07) is -2.62. The standard InChI is InChI=1S/C69H128N2O23/c1-4-6-8-10-12-14-16-18-19-20-21-22-23-24-25-26-28-30-32-34-36-38-40-53(78)71-47(48(77)39-37-35-33-31-29-27-17-15-13-11-9-7-5-2)45-87-67-61(85)58(82)64(51(43-74)90-67)93-69-62(86)59(83)63(52(44-75)91-69)92-66-54(70-46(3)76)65(56(80)50(42-73)88-66)94-68-60(84)57(81)55(79)49(41-72)89-68/h37,39,47-52,54-69,72-75,77,79-86H,4-36,38,40-45H2,1-3H3,(H,70,76)(H,71,78)/t47-,48+,49+,50+,51+,52+,54+,55-,56-,57-,58+,59+,60+,61?,62+,63-,64+,65+,66-,67+,68-,69-/m0/s1. The van der Waals surface area contributed by atoms with E-state index in [2.05, 4.69) is 24.5 Å². The molecule has 4 saturated heterocycles. The van der Waals surface area contributed by atoms with Crippen LogP contribution in [-0.4, -0.2) is 246 Å². The zero-order chi connectivity index (χ0) is 68.6. The minimum absolute atomic E-state index is 0.218. The minimum atomic E-state index is -2.10. The van der Waals surface area contributed by atoms with Gasteiger partial charge in [-0.15, -0.1) is 0 Å². The Balaban J connectivity index is 1.29. The van der Waals surface area contributed by atoms with Gasteiger partial charge in [-0.1, -0.05) is 225 Å². The van der Waals surface area contributed by atoms with Gasteiger partial charge in [0, 0.05) is 13.3 Å². The number of carbonyl (C=O) groups is 2. The second kappa shape index (κ2) is 49.4. The maximum Gasteiger partial charge on any atom is 0.220 e. The predicted molar refractivity (Wildman–Crippen MR) is 349 cm³/mol. The molecule has 2 amide bonds. The Kier molecular flexibility index (Phi) is 44.3. The average molecular weight is 1350 g/mol. The normalized spacial score (nSPS) is 32.2. The summed E-state index contributed by atoms with van der Waals surface area (Å²) in [7, 11) is 0. The average Bonchev–Trinajstić information content (AvgIpc) is 1.17. The summed E-state index contributed by atoms with van der Waals surface area (Å²) in [5, 5.41) is 147. The highest BCUT2D eigenvalue weighted by Crippen LogP contribution is 2.35. The topological polar surface area (TPSA) is 395 Å². The molecule has 0 aromatic heterocycles. The van der Waals surface area contributed by atoms with E-state index in [1.165, 1.54) is 167 Å². The molecule has 94 heavy (non-hydrogen) atoms. The van der Waals surface area contributed by atoms with Gasteiger partial charge in [-0.05, 0) is 19.3 Å². The number of allylic oxidation sites excluding steroid dienone is 1. The molecule has 25 nitrogen and oxygen atoms in total. The Morgan fingerprint density at radius 2 is 0.766 bits per heavy atom. The molecule has 4 heterocycles. The van der Waals surface area contributed by atoms with Crippen molar-refractivity contribution in [1.82, 2.24) is 10.6 Å². The third kappa shape index (κ3) is 30.0. The van der Waals surface area contributed by atoms with Gasteiger partial charge < -0.3 is 115 Å². The predicted octanol–water partition coefficient (Wildman–Crippen LogP) is 4.51. The second-order valence-electron chi connectivity index (χ2n) is 26.8. The van der Waals surface area contributed by atoms with Crippen LogP contribution in [0.15, 0.2) is 12.2 Å². The van der Waals surface area contributed by atoms with Crippen molar-refractivity contribution in [3.63, 3.8) is 0 Å². The van der Waals surface area contributed by atoms with Crippen molar-refractivity contribution in [3.05, 3.63) is 12.2 Å². The smallest absolute Gasteiger partial charge is 0.220 e. The number of ether oxygens (including phenoxy) is 8. The fourth-order valence-electron chi connectivity index (χ4n) is 13.0. The van der Waals surface area contributed by atoms with E-state index in [9.17, 15) is 76.0 Å². The fraction of sp³-hybridized carbons (Fsp3) is 0.942. The van der Waals surface area contributed by atoms with Crippen LogP contribution in [0.25, 0.3) is 0 Å². The van der Waals surface area contributed by atoms with Crippen LogP contribution in [0.5, 0.6) is 0 Å². The third-order valence-corrected chi connectivity index (χ3v) is 18.9. The second-order valence-corrected chi connectivity index (χ2v) is 26.8. The number of unbranched alkanes of at least 4 members (excludes halogenated alkanes) is 32. The van der Waals surface area contributed by atoms with Crippen molar-refractivity contribution in [2.45, 2.75) is 380 Å². The molecule has 15 N–H and O–H groups in total. The molecule has 0 bridgehead atoms. The number of carbonyl (C=O) groups excluding carboxylic acids is 2. The SMILES string of the molecule is CCCCCCCCCCCCCC=C[C@@H](O)[C@H](CO[C@@H]1O[C@H](CO)[C@@H](O[C@@H]2O[C@H](CO)[C@H](O[C@@H]3O[C@H](CO)[C@H](O)[C@H](O[C@@H]4O[C@H](CO)[C@H](O)[C@H](O)[C@H]4O)[C@H]3NC(C)=O)[C@H](O)[C@H]2O)[C@H](O)C1O)NC(=O)CCCCCCCCCCCCCCCCCCCCCCCC. The molecule has 0 aliphatic carbocycles. The van der Waals surface area contributed by atoms with Crippen molar-refractivity contribution in [2.24, 2.45) is 0 Å². The molecule has 0 radical (unpaired) electrons. The Morgan fingerprint density at radius 3 is 1.20 bits per heavy atom. The van der Waals surface area contributed by atoms with E-state index < -0.39 is 174 Å². The number of rotatable bonds is 52. The Morgan fingerprint density at radius 1 is 0.415 bits per heavy atom. The number of hydrogen-bond donors (Lipinski definition) is 15. The van der Waals surface area contributed by atoms with Crippen LogP contribution in [0.4, 0.5) is 0 Å². The highest BCUT2D eigenvalue weighted by molar-refractivity contribution is 5.76. The maximum absolute atomic E-state index is 13.5. The van der Waals surface area contributed by atoms with E-state index in [0.717, 1.165) is 45.4 Å². The molecule has 1 unspecified atom stereocenters. The monoisotopic (exact) mass is 1350 g/mol. The minimum Gasteiger partial charge on any atom is -0.394 e. The molecule has 25 heteroatoms. The number of hydrogen-bond acceptors (Lipinski definition) is 23. The quantitative estimate of drug-likeness (QED) is 0.0294. The molecule has 4 fully saturated rings. The van der Waals surface area contributed by atoms with Gasteiger partial charge in [0.05, 0.1) is 45.2 Å². The summed E-state index contributed by atoms with van der Waals surface area (Å²) in [5.41, 5.74) is 0. The van der Waals surface area contributed by atoms with E-state index in [1.54, 1.807) is 6.08 Å². The van der Waals surface area contributed by atoms with Gasteiger partial charge in [0.15, 0.2) is 25.2 Å². The molecule has 0 saturated carbocycles. The third-order valence-electron chi connectivity index (χ3n) is 18.9. The Hall–Kier alpha value is -2.16. The fourth-order valence-corrected chi connectivity index (χ4v) is 13.0. The van der Waals surface area contributed by atoms with Gasteiger partial charge in [-0.25, -0.2) is 0 Å². The molecule has 4 aliphatic rings. The van der Waals surface area contributed by atoms with Crippen molar-refractivity contribution >= 4 is 11.8 Å².